The predicted octanol–water partition coefficient (Wildman–Crippen LogP) is 3.73. The fraction of sp³-hybridized carbons (Fsp3) is 0.500. The van der Waals surface area contributed by atoms with Crippen LogP contribution in [-0.4, -0.2) is 6.04 Å². The van der Waals surface area contributed by atoms with Gasteiger partial charge in [0, 0.05) is 11.7 Å². The molecule has 0 aliphatic rings. The van der Waals surface area contributed by atoms with Crippen molar-refractivity contribution < 1.29 is 4.39 Å². The van der Waals surface area contributed by atoms with Crippen LogP contribution in [0.1, 0.15) is 32.3 Å². The van der Waals surface area contributed by atoms with E-state index < -0.39 is 0 Å². The van der Waals surface area contributed by atoms with Gasteiger partial charge in [-0.15, -0.1) is 0 Å². The Morgan fingerprint density at radius 3 is 2.43 bits per heavy atom. The molecule has 1 aromatic carbocycles. The van der Waals surface area contributed by atoms with Crippen molar-refractivity contribution in [2.24, 2.45) is 0 Å². The molecule has 0 radical (unpaired) electrons. The zero-order chi connectivity index (χ0) is 10.6. The van der Waals surface area contributed by atoms with E-state index in [0.717, 1.165) is 24.1 Å². The van der Waals surface area contributed by atoms with E-state index in [-0.39, 0.29) is 5.82 Å². The molecular weight excluding hydrogens is 177 g/mol. The monoisotopic (exact) mass is 195 g/mol. The molecule has 0 fully saturated rings. The summed E-state index contributed by atoms with van der Waals surface area (Å²) in [5.41, 5.74) is 2.01. The standard InChI is InChI=1S/C12H18FN/c1-4-11(5-2)14-12-7-6-10(13)8-9(12)3/h6-8,11,14H,4-5H2,1-3H3. The van der Waals surface area contributed by atoms with Crippen LogP contribution in [-0.2, 0) is 0 Å². The summed E-state index contributed by atoms with van der Waals surface area (Å²) in [6.45, 7) is 6.23. The van der Waals surface area contributed by atoms with Gasteiger partial charge in [-0.3, -0.25) is 0 Å². The summed E-state index contributed by atoms with van der Waals surface area (Å²) < 4.78 is 12.8. The molecular formula is C12H18FN. The summed E-state index contributed by atoms with van der Waals surface area (Å²) in [7, 11) is 0. The van der Waals surface area contributed by atoms with E-state index in [1.54, 1.807) is 6.07 Å². The van der Waals surface area contributed by atoms with Crippen LogP contribution in [0.3, 0.4) is 0 Å². The van der Waals surface area contributed by atoms with E-state index in [2.05, 4.69) is 19.2 Å². The van der Waals surface area contributed by atoms with Gasteiger partial charge in [-0.2, -0.15) is 0 Å². The van der Waals surface area contributed by atoms with Crippen LogP contribution < -0.4 is 5.32 Å². The molecule has 78 valence electrons. The van der Waals surface area contributed by atoms with Crippen molar-refractivity contribution in [1.29, 1.82) is 0 Å². The normalized spacial score (nSPS) is 10.6. The molecule has 0 saturated carbocycles. The van der Waals surface area contributed by atoms with Crippen LogP contribution in [0.25, 0.3) is 0 Å². The van der Waals surface area contributed by atoms with Crippen LogP contribution in [0.4, 0.5) is 10.1 Å². The third-order valence-corrected chi connectivity index (χ3v) is 2.53. The highest BCUT2D eigenvalue weighted by Gasteiger charge is 2.05. The lowest BCUT2D eigenvalue weighted by molar-refractivity contribution is 0.625. The van der Waals surface area contributed by atoms with Crippen molar-refractivity contribution in [2.45, 2.75) is 39.7 Å². The minimum Gasteiger partial charge on any atom is -0.382 e. The molecule has 0 aliphatic carbocycles. The number of nitrogens with one attached hydrogen (secondary N) is 1. The molecule has 0 unspecified atom stereocenters. The quantitative estimate of drug-likeness (QED) is 0.771. The highest BCUT2D eigenvalue weighted by molar-refractivity contribution is 5.51. The van der Waals surface area contributed by atoms with Crippen molar-refractivity contribution >= 4 is 5.69 Å². The minimum atomic E-state index is -0.169. The Bertz CT molecular complexity index is 292. The zero-order valence-corrected chi connectivity index (χ0v) is 9.10. The molecule has 14 heavy (non-hydrogen) atoms. The maximum atomic E-state index is 12.8. The number of hydrogen-bond acceptors (Lipinski definition) is 1. The molecule has 1 aromatic rings. The smallest absolute Gasteiger partial charge is 0.123 e. The topological polar surface area (TPSA) is 12.0 Å². The van der Waals surface area contributed by atoms with Crippen LogP contribution in [0.15, 0.2) is 18.2 Å². The number of rotatable bonds is 4. The second-order valence-electron chi connectivity index (χ2n) is 3.62. The fourth-order valence-electron chi connectivity index (χ4n) is 1.50. The van der Waals surface area contributed by atoms with Gasteiger partial charge in [0.05, 0.1) is 0 Å². The Labute approximate surface area is 85.3 Å². The summed E-state index contributed by atoms with van der Waals surface area (Å²) in [4.78, 5) is 0. The first kappa shape index (κ1) is 11.0. The van der Waals surface area contributed by atoms with Crippen molar-refractivity contribution in [3.8, 4) is 0 Å². The van der Waals surface area contributed by atoms with Crippen molar-refractivity contribution in [3.63, 3.8) is 0 Å². The molecule has 0 atom stereocenters. The number of hydrogen-bond donors (Lipinski definition) is 1. The van der Waals surface area contributed by atoms with Crippen LogP contribution in [0, 0.1) is 12.7 Å². The van der Waals surface area contributed by atoms with Gasteiger partial charge in [-0.25, -0.2) is 4.39 Å². The van der Waals surface area contributed by atoms with Gasteiger partial charge in [-0.1, -0.05) is 13.8 Å². The van der Waals surface area contributed by atoms with Gasteiger partial charge in [0.25, 0.3) is 0 Å². The first-order chi connectivity index (χ1) is 6.67. The SMILES string of the molecule is CCC(CC)Nc1ccc(F)cc1C. The van der Waals surface area contributed by atoms with E-state index in [1.165, 1.54) is 6.07 Å². The Hall–Kier alpha value is -1.05. The average molecular weight is 195 g/mol. The maximum Gasteiger partial charge on any atom is 0.123 e. The summed E-state index contributed by atoms with van der Waals surface area (Å²) >= 11 is 0. The lowest BCUT2D eigenvalue weighted by Crippen LogP contribution is -2.17. The van der Waals surface area contributed by atoms with Crippen LogP contribution in [0.2, 0.25) is 0 Å². The van der Waals surface area contributed by atoms with Gasteiger partial charge in [0.15, 0.2) is 0 Å². The Kier molecular flexibility index (Phi) is 3.93. The second kappa shape index (κ2) is 4.99. The van der Waals surface area contributed by atoms with E-state index >= 15 is 0 Å². The van der Waals surface area contributed by atoms with Gasteiger partial charge in [0.1, 0.15) is 5.82 Å². The highest BCUT2D eigenvalue weighted by Crippen LogP contribution is 2.18. The Morgan fingerprint density at radius 2 is 1.93 bits per heavy atom. The number of aryl methyl sites for hydroxylation is 1. The first-order valence-corrected chi connectivity index (χ1v) is 5.20. The minimum absolute atomic E-state index is 0.169. The largest absolute Gasteiger partial charge is 0.382 e. The molecule has 0 bridgehead atoms. The molecule has 0 aromatic heterocycles. The molecule has 0 aliphatic heterocycles. The predicted molar refractivity (Wildman–Crippen MR) is 59.1 cm³/mol. The Morgan fingerprint density at radius 1 is 1.29 bits per heavy atom. The van der Waals surface area contributed by atoms with Crippen molar-refractivity contribution in [2.75, 3.05) is 5.32 Å². The fourth-order valence-corrected chi connectivity index (χ4v) is 1.50. The molecule has 0 spiro atoms. The third-order valence-electron chi connectivity index (χ3n) is 2.53. The van der Waals surface area contributed by atoms with Gasteiger partial charge < -0.3 is 5.32 Å². The molecule has 0 saturated heterocycles. The van der Waals surface area contributed by atoms with Gasteiger partial charge >= 0.3 is 0 Å². The third kappa shape index (κ3) is 2.72. The first-order valence-electron chi connectivity index (χ1n) is 5.20. The molecule has 0 heterocycles. The van der Waals surface area contributed by atoms with E-state index in [1.807, 2.05) is 13.0 Å². The van der Waals surface area contributed by atoms with E-state index in [4.69, 9.17) is 0 Å². The van der Waals surface area contributed by atoms with E-state index in [9.17, 15) is 4.39 Å². The van der Waals surface area contributed by atoms with Gasteiger partial charge in [0.2, 0.25) is 0 Å². The molecule has 0 amide bonds. The Balaban J connectivity index is 2.76. The molecule has 1 rings (SSSR count). The van der Waals surface area contributed by atoms with Crippen molar-refractivity contribution in [1.82, 2.24) is 0 Å². The number of benzene rings is 1. The summed E-state index contributed by atoms with van der Waals surface area (Å²) in [6, 6.07) is 5.35. The van der Waals surface area contributed by atoms with E-state index in [0.29, 0.717) is 6.04 Å². The molecule has 1 nitrogen and oxygen atoms in total. The average Bonchev–Trinajstić information content (AvgIpc) is 2.17. The number of halogens is 1. The summed E-state index contributed by atoms with van der Waals surface area (Å²) in [5.74, 6) is -0.169. The summed E-state index contributed by atoms with van der Waals surface area (Å²) in [5, 5.41) is 3.41. The summed E-state index contributed by atoms with van der Waals surface area (Å²) in [6.07, 6.45) is 2.18. The van der Waals surface area contributed by atoms with Crippen molar-refractivity contribution in [3.05, 3.63) is 29.6 Å². The van der Waals surface area contributed by atoms with Gasteiger partial charge in [-0.05, 0) is 43.5 Å². The second-order valence-corrected chi connectivity index (χ2v) is 3.62. The highest BCUT2D eigenvalue weighted by atomic mass is 19.1. The molecule has 2 heteroatoms. The maximum absolute atomic E-state index is 12.8. The van der Waals surface area contributed by atoms with Crippen LogP contribution in [0.5, 0.6) is 0 Å². The van der Waals surface area contributed by atoms with Crippen LogP contribution >= 0.6 is 0 Å². The lowest BCUT2D eigenvalue weighted by atomic mass is 10.1. The number of anilines is 1. The molecule has 1 N–H and O–H groups in total. The lowest BCUT2D eigenvalue weighted by Gasteiger charge is -2.17. The zero-order valence-electron chi connectivity index (χ0n) is 9.10.